The molecule has 3 unspecified atom stereocenters. The molecular weight excluding hydrogens is 442 g/mol. The maximum Gasteiger partial charge on any atom is 0.324 e. The molecule has 2 aromatic rings. The smallest absolute Gasteiger partial charge is 0.324 e. The van der Waals surface area contributed by atoms with Crippen LogP contribution >= 0.6 is 0 Å². The van der Waals surface area contributed by atoms with E-state index in [2.05, 4.69) is 0 Å². The molecule has 3 atom stereocenters. The summed E-state index contributed by atoms with van der Waals surface area (Å²) in [5.41, 5.74) is 13.4. The summed E-state index contributed by atoms with van der Waals surface area (Å²) >= 11 is -2.41. The second-order valence-electron chi connectivity index (χ2n) is 8.38. The zero-order valence-electron chi connectivity index (χ0n) is 18.7. The Labute approximate surface area is 196 Å². The first kappa shape index (κ1) is 24.9. The van der Waals surface area contributed by atoms with E-state index in [9.17, 15) is 18.4 Å². The predicted octanol–water partition coefficient (Wildman–Crippen LogP) is 2.35. The predicted molar refractivity (Wildman–Crippen MR) is 126 cm³/mol. The third-order valence-electron chi connectivity index (χ3n) is 6.03. The minimum Gasteiger partial charge on any atom is -0.755 e. The Kier molecular flexibility index (Phi) is 8.23. The lowest BCUT2D eigenvalue weighted by Gasteiger charge is -2.36. The SMILES string of the molecule is Cc1ccc(N(CCCCC(N)C(=O)OC2(C(N)=O)CCCc3ccccc32)S(=O)[O-])cc1. The van der Waals surface area contributed by atoms with Gasteiger partial charge in [-0.3, -0.25) is 13.8 Å². The highest BCUT2D eigenvalue weighted by atomic mass is 32.2. The van der Waals surface area contributed by atoms with Crippen LogP contribution in [0, 0.1) is 6.92 Å². The number of hydrogen-bond donors (Lipinski definition) is 2. The number of ether oxygens (including phenoxy) is 1. The second kappa shape index (κ2) is 10.9. The molecule has 1 aliphatic rings. The maximum absolute atomic E-state index is 12.8. The van der Waals surface area contributed by atoms with Crippen molar-refractivity contribution in [2.24, 2.45) is 11.5 Å². The third-order valence-corrected chi connectivity index (χ3v) is 6.78. The molecule has 4 N–H and O–H groups in total. The molecule has 0 spiro atoms. The van der Waals surface area contributed by atoms with Crippen LogP contribution in [-0.2, 0) is 37.6 Å². The number of amides is 1. The van der Waals surface area contributed by atoms with Crippen molar-refractivity contribution in [1.29, 1.82) is 0 Å². The van der Waals surface area contributed by atoms with Crippen molar-refractivity contribution in [3.05, 3.63) is 65.2 Å². The number of carbonyl (C=O) groups excluding carboxylic acids is 2. The molecule has 8 nitrogen and oxygen atoms in total. The lowest BCUT2D eigenvalue weighted by atomic mass is 9.78. The number of anilines is 1. The van der Waals surface area contributed by atoms with Crippen LogP contribution in [0.3, 0.4) is 0 Å². The molecule has 0 fully saturated rings. The van der Waals surface area contributed by atoms with Gasteiger partial charge in [-0.1, -0.05) is 42.0 Å². The number of aryl methyl sites for hydroxylation is 2. The van der Waals surface area contributed by atoms with Crippen LogP contribution in [0.15, 0.2) is 48.5 Å². The van der Waals surface area contributed by atoms with Gasteiger partial charge in [0, 0.05) is 35.5 Å². The molecule has 3 rings (SSSR count). The van der Waals surface area contributed by atoms with Crippen LogP contribution in [0.2, 0.25) is 0 Å². The first-order valence-corrected chi connectivity index (χ1v) is 12.1. The third kappa shape index (κ3) is 5.79. The lowest BCUT2D eigenvalue weighted by Crippen LogP contribution is -2.50. The number of benzene rings is 2. The van der Waals surface area contributed by atoms with Gasteiger partial charge in [0.25, 0.3) is 5.91 Å². The van der Waals surface area contributed by atoms with Gasteiger partial charge in [-0.2, -0.15) is 0 Å². The molecule has 0 aliphatic heterocycles. The van der Waals surface area contributed by atoms with Gasteiger partial charge in [0.2, 0.25) is 5.60 Å². The van der Waals surface area contributed by atoms with Crippen LogP contribution in [0.25, 0.3) is 0 Å². The topological polar surface area (TPSA) is 139 Å². The molecule has 1 aliphatic carbocycles. The van der Waals surface area contributed by atoms with Crippen molar-refractivity contribution in [2.75, 3.05) is 10.8 Å². The van der Waals surface area contributed by atoms with Crippen molar-refractivity contribution < 1.29 is 23.1 Å². The second-order valence-corrected chi connectivity index (χ2v) is 9.26. The first-order chi connectivity index (χ1) is 15.7. The largest absolute Gasteiger partial charge is 0.755 e. The van der Waals surface area contributed by atoms with E-state index in [0.29, 0.717) is 43.4 Å². The Morgan fingerprint density at radius 1 is 1.18 bits per heavy atom. The fourth-order valence-corrected chi connectivity index (χ4v) is 4.76. The number of nitrogens with zero attached hydrogens (tertiary/aromatic N) is 1. The minimum atomic E-state index is -2.41. The number of esters is 1. The summed E-state index contributed by atoms with van der Waals surface area (Å²) in [6.07, 6.45) is 3.08. The number of carbonyl (C=O) groups is 2. The summed E-state index contributed by atoms with van der Waals surface area (Å²) in [6, 6.07) is 13.6. The van der Waals surface area contributed by atoms with Crippen molar-refractivity contribution in [1.82, 2.24) is 0 Å². The summed E-state index contributed by atoms with van der Waals surface area (Å²) in [6.45, 7) is 2.19. The van der Waals surface area contributed by atoms with E-state index in [4.69, 9.17) is 16.2 Å². The molecule has 178 valence electrons. The van der Waals surface area contributed by atoms with Gasteiger partial charge in [0.15, 0.2) is 0 Å². The zero-order valence-corrected chi connectivity index (χ0v) is 19.5. The van der Waals surface area contributed by atoms with E-state index < -0.39 is 34.8 Å². The normalized spacial score (nSPS) is 19.2. The number of hydrogen-bond acceptors (Lipinski definition) is 6. The summed E-state index contributed by atoms with van der Waals surface area (Å²) < 4.78 is 30.2. The van der Waals surface area contributed by atoms with Gasteiger partial charge in [-0.05, 0) is 56.7 Å². The Hall–Kier alpha value is -2.75. The van der Waals surface area contributed by atoms with Crippen molar-refractivity contribution >= 4 is 28.8 Å². The molecule has 33 heavy (non-hydrogen) atoms. The highest BCUT2D eigenvalue weighted by Gasteiger charge is 2.46. The highest BCUT2D eigenvalue weighted by molar-refractivity contribution is 7.80. The molecule has 0 saturated carbocycles. The fraction of sp³-hybridized carbons (Fsp3) is 0.417. The average molecular weight is 473 g/mol. The highest BCUT2D eigenvalue weighted by Crippen LogP contribution is 2.38. The number of rotatable bonds is 10. The summed E-state index contributed by atoms with van der Waals surface area (Å²) in [5.74, 6) is -1.39. The Bertz CT molecular complexity index is 1010. The molecule has 9 heteroatoms. The monoisotopic (exact) mass is 472 g/mol. The van der Waals surface area contributed by atoms with Crippen LogP contribution in [-0.4, -0.2) is 33.2 Å². The van der Waals surface area contributed by atoms with E-state index in [1.807, 2.05) is 31.2 Å². The molecular formula is C24H30N3O5S-. The molecule has 0 saturated heterocycles. The fourth-order valence-electron chi connectivity index (χ4n) is 4.19. The Morgan fingerprint density at radius 3 is 2.55 bits per heavy atom. The quantitative estimate of drug-likeness (QED) is 0.309. The molecule has 0 bridgehead atoms. The number of primary amides is 1. The van der Waals surface area contributed by atoms with E-state index in [0.717, 1.165) is 17.5 Å². The maximum atomic E-state index is 12.8. The molecule has 1 amide bonds. The zero-order chi connectivity index (χ0) is 24.0. The van der Waals surface area contributed by atoms with Gasteiger partial charge in [-0.25, -0.2) is 0 Å². The Morgan fingerprint density at radius 2 is 1.88 bits per heavy atom. The summed E-state index contributed by atoms with van der Waals surface area (Å²) in [5, 5.41) is 0. The average Bonchev–Trinajstić information content (AvgIpc) is 2.79. The van der Waals surface area contributed by atoms with Crippen LogP contribution in [0.1, 0.15) is 48.8 Å². The summed E-state index contributed by atoms with van der Waals surface area (Å²) in [7, 11) is 0. The lowest BCUT2D eigenvalue weighted by molar-refractivity contribution is -0.172. The van der Waals surface area contributed by atoms with Gasteiger partial charge in [-0.15, -0.1) is 0 Å². The van der Waals surface area contributed by atoms with Crippen LogP contribution in [0.4, 0.5) is 5.69 Å². The van der Waals surface area contributed by atoms with Crippen LogP contribution < -0.4 is 15.8 Å². The van der Waals surface area contributed by atoms with Crippen molar-refractivity contribution in [3.8, 4) is 0 Å². The van der Waals surface area contributed by atoms with Gasteiger partial charge >= 0.3 is 5.97 Å². The van der Waals surface area contributed by atoms with Gasteiger partial charge in [0.05, 0.1) is 0 Å². The van der Waals surface area contributed by atoms with Gasteiger partial charge in [0.1, 0.15) is 6.04 Å². The van der Waals surface area contributed by atoms with Crippen LogP contribution in [0.5, 0.6) is 0 Å². The molecule has 0 radical (unpaired) electrons. The van der Waals surface area contributed by atoms with E-state index in [-0.39, 0.29) is 6.54 Å². The van der Waals surface area contributed by atoms with Crippen molar-refractivity contribution in [3.63, 3.8) is 0 Å². The first-order valence-electron chi connectivity index (χ1n) is 11.0. The molecule has 2 aromatic carbocycles. The number of unbranched alkanes of at least 4 members (excludes halogenated alkanes) is 1. The van der Waals surface area contributed by atoms with Gasteiger partial charge < -0.3 is 25.1 Å². The molecule has 0 heterocycles. The number of fused-ring (bicyclic) bond motifs is 1. The number of nitrogens with two attached hydrogens (primary N) is 2. The van der Waals surface area contributed by atoms with E-state index in [1.165, 1.54) is 4.31 Å². The Balaban J connectivity index is 1.58. The standard InChI is InChI=1S/C24H31N3O5S/c1-17-11-13-19(14-12-17)27(33(30)31)16-5-4-10-21(25)22(28)32-24(23(26)29)15-6-8-18-7-2-3-9-20(18)24/h2-3,7,9,11-14,21H,4-6,8,10,15-16,25H2,1H3,(H2,26,29)(H,30,31)/p-1. The van der Waals surface area contributed by atoms with E-state index >= 15 is 0 Å². The minimum absolute atomic E-state index is 0.263. The van der Waals surface area contributed by atoms with E-state index in [1.54, 1.807) is 24.3 Å². The molecule has 0 aromatic heterocycles. The van der Waals surface area contributed by atoms with Crippen molar-refractivity contribution in [2.45, 2.75) is 57.1 Å². The summed E-state index contributed by atoms with van der Waals surface area (Å²) in [4.78, 5) is 25.1.